The Kier molecular flexibility index (Phi) is 4.17. The summed E-state index contributed by atoms with van der Waals surface area (Å²) in [5.74, 6) is -0.842. The molecule has 0 aliphatic rings. The van der Waals surface area contributed by atoms with E-state index in [4.69, 9.17) is 5.11 Å². The van der Waals surface area contributed by atoms with Crippen LogP contribution < -0.4 is 5.32 Å². The van der Waals surface area contributed by atoms with E-state index in [0.29, 0.717) is 6.42 Å². The highest BCUT2D eigenvalue weighted by Crippen LogP contribution is 1.99. The average Bonchev–Trinajstić information content (AvgIpc) is 2.18. The lowest BCUT2D eigenvalue weighted by atomic mass is 10.2. The molecule has 0 fully saturated rings. The summed E-state index contributed by atoms with van der Waals surface area (Å²) in [4.78, 5) is 15.1. The molecule has 1 amide bonds. The fraction of sp³-hybridized carbons (Fsp3) is 0.400. The van der Waals surface area contributed by atoms with Gasteiger partial charge in [0, 0.05) is 12.6 Å². The lowest BCUT2D eigenvalue weighted by molar-refractivity contribution is 0.0929. The number of nitrogens with one attached hydrogen (secondary N) is 1. The minimum atomic E-state index is -0.477. The first kappa shape index (κ1) is 11.6. The summed E-state index contributed by atoms with van der Waals surface area (Å²) in [6.45, 7) is 1.79. The molecule has 15 heavy (non-hydrogen) atoms. The third kappa shape index (κ3) is 3.63. The Hall–Kier alpha value is -1.49. The van der Waals surface area contributed by atoms with Crippen molar-refractivity contribution in [2.75, 3.05) is 6.61 Å². The molecule has 2 N–H and O–H groups in total. The summed E-state index contributed by atoms with van der Waals surface area (Å²) in [6.07, 6.45) is 1.47. The summed E-state index contributed by atoms with van der Waals surface area (Å²) in [6, 6.07) is 2.36. The molecule has 5 heteroatoms. The van der Waals surface area contributed by atoms with Crippen molar-refractivity contribution in [3.05, 3.63) is 29.8 Å². The molecule has 0 saturated heterocycles. The summed E-state index contributed by atoms with van der Waals surface area (Å²) in [7, 11) is 0. The number of amides is 1. The quantitative estimate of drug-likeness (QED) is 0.773. The van der Waals surface area contributed by atoms with Gasteiger partial charge in [0.15, 0.2) is 0 Å². The number of aliphatic hydroxyl groups is 1. The summed E-state index contributed by atoms with van der Waals surface area (Å²) in [5, 5.41) is 11.3. The second-order valence-electron chi connectivity index (χ2n) is 3.25. The maximum atomic E-state index is 12.5. The Morgan fingerprint density at radius 3 is 2.93 bits per heavy atom. The second-order valence-corrected chi connectivity index (χ2v) is 3.25. The number of halogens is 1. The SMILES string of the molecule is CC(CCO)NC(=O)c1ccc(F)cn1. The fourth-order valence-electron chi connectivity index (χ4n) is 1.07. The number of carbonyl (C=O) groups excluding carboxylic acids is 1. The van der Waals surface area contributed by atoms with Gasteiger partial charge in [-0.15, -0.1) is 0 Å². The summed E-state index contributed by atoms with van der Waals surface area (Å²) < 4.78 is 12.5. The normalized spacial score (nSPS) is 12.2. The molecule has 0 spiro atoms. The Labute approximate surface area is 87.1 Å². The van der Waals surface area contributed by atoms with E-state index < -0.39 is 5.82 Å². The Morgan fingerprint density at radius 1 is 1.67 bits per heavy atom. The van der Waals surface area contributed by atoms with Gasteiger partial charge in [-0.3, -0.25) is 4.79 Å². The molecule has 0 aliphatic carbocycles. The van der Waals surface area contributed by atoms with Crippen molar-refractivity contribution in [1.29, 1.82) is 0 Å². The minimum absolute atomic E-state index is 0.0122. The van der Waals surface area contributed by atoms with Crippen LogP contribution in [0.25, 0.3) is 0 Å². The molecule has 1 atom stereocenters. The smallest absolute Gasteiger partial charge is 0.270 e. The zero-order valence-electron chi connectivity index (χ0n) is 8.40. The molecule has 0 bridgehead atoms. The zero-order valence-corrected chi connectivity index (χ0v) is 8.40. The molecule has 0 aromatic carbocycles. The van der Waals surface area contributed by atoms with E-state index in [0.717, 1.165) is 6.20 Å². The monoisotopic (exact) mass is 212 g/mol. The molecule has 1 heterocycles. The zero-order chi connectivity index (χ0) is 11.3. The molecule has 0 saturated carbocycles. The molecule has 1 unspecified atom stereocenters. The van der Waals surface area contributed by atoms with E-state index in [1.54, 1.807) is 6.92 Å². The lowest BCUT2D eigenvalue weighted by Gasteiger charge is -2.11. The van der Waals surface area contributed by atoms with E-state index in [2.05, 4.69) is 10.3 Å². The predicted molar refractivity (Wildman–Crippen MR) is 52.8 cm³/mol. The van der Waals surface area contributed by atoms with Crippen LogP contribution >= 0.6 is 0 Å². The van der Waals surface area contributed by atoms with Crippen molar-refractivity contribution in [1.82, 2.24) is 10.3 Å². The van der Waals surface area contributed by atoms with E-state index in [-0.39, 0.29) is 24.2 Å². The lowest BCUT2D eigenvalue weighted by Crippen LogP contribution is -2.33. The van der Waals surface area contributed by atoms with E-state index >= 15 is 0 Å². The van der Waals surface area contributed by atoms with Gasteiger partial charge in [0.25, 0.3) is 5.91 Å². The Balaban J connectivity index is 2.57. The third-order valence-corrected chi connectivity index (χ3v) is 1.90. The molecule has 1 aromatic rings. The van der Waals surface area contributed by atoms with Crippen molar-refractivity contribution in [2.24, 2.45) is 0 Å². The number of aromatic nitrogens is 1. The average molecular weight is 212 g/mol. The highest BCUT2D eigenvalue weighted by molar-refractivity contribution is 5.92. The highest BCUT2D eigenvalue weighted by atomic mass is 19.1. The summed E-state index contributed by atoms with van der Waals surface area (Å²) >= 11 is 0. The second kappa shape index (κ2) is 5.41. The highest BCUT2D eigenvalue weighted by Gasteiger charge is 2.10. The molecule has 1 aromatic heterocycles. The third-order valence-electron chi connectivity index (χ3n) is 1.90. The minimum Gasteiger partial charge on any atom is -0.396 e. The first-order valence-electron chi connectivity index (χ1n) is 4.66. The van der Waals surface area contributed by atoms with E-state index in [9.17, 15) is 9.18 Å². The predicted octanol–water partition coefficient (Wildman–Crippen LogP) is 0.721. The number of nitrogens with zero attached hydrogens (tertiary/aromatic N) is 1. The van der Waals surface area contributed by atoms with Gasteiger partial charge in [-0.25, -0.2) is 9.37 Å². The Morgan fingerprint density at radius 2 is 2.40 bits per heavy atom. The van der Waals surface area contributed by atoms with Crippen molar-refractivity contribution in [2.45, 2.75) is 19.4 Å². The van der Waals surface area contributed by atoms with Crippen LogP contribution in [0.2, 0.25) is 0 Å². The van der Waals surface area contributed by atoms with Crippen molar-refractivity contribution in [3.8, 4) is 0 Å². The van der Waals surface area contributed by atoms with Crippen LogP contribution in [0.1, 0.15) is 23.8 Å². The van der Waals surface area contributed by atoms with Crippen LogP contribution in [-0.2, 0) is 0 Å². The number of hydrogen-bond acceptors (Lipinski definition) is 3. The van der Waals surface area contributed by atoms with Gasteiger partial charge in [-0.2, -0.15) is 0 Å². The molecule has 1 rings (SSSR count). The maximum Gasteiger partial charge on any atom is 0.270 e. The molecule has 82 valence electrons. The van der Waals surface area contributed by atoms with Gasteiger partial charge < -0.3 is 10.4 Å². The molecule has 0 radical (unpaired) electrons. The molecular weight excluding hydrogens is 199 g/mol. The van der Waals surface area contributed by atoms with Gasteiger partial charge >= 0.3 is 0 Å². The number of aliphatic hydroxyl groups excluding tert-OH is 1. The fourth-order valence-corrected chi connectivity index (χ4v) is 1.07. The van der Waals surface area contributed by atoms with Crippen molar-refractivity contribution >= 4 is 5.91 Å². The van der Waals surface area contributed by atoms with Crippen LogP contribution in [-0.4, -0.2) is 28.6 Å². The van der Waals surface area contributed by atoms with Crippen LogP contribution in [0.15, 0.2) is 18.3 Å². The first-order valence-corrected chi connectivity index (χ1v) is 4.66. The van der Waals surface area contributed by atoms with E-state index in [1.165, 1.54) is 12.1 Å². The van der Waals surface area contributed by atoms with Crippen LogP contribution in [0.3, 0.4) is 0 Å². The van der Waals surface area contributed by atoms with Gasteiger partial charge in [0.2, 0.25) is 0 Å². The van der Waals surface area contributed by atoms with Gasteiger partial charge in [-0.05, 0) is 25.5 Å². The first-order chi connectivity index (χ1) is 7.13. The van der Waals surface area contributed by atoms with Crippen LogP contribution in [0.5, 0.6) is 0 Å². The van der Waals surface area contributed by atoms with Gasteiger partial charge in [0.1, 0.15) is 11.5 Å². The number of rotatable bonds is 4. The standard InChI is InChI=1S/C10H13FN2O2/c1-7(4-5-14)13-10(15)9-3-2-8(11)6-12-9/h2-3,6-7,14H,4-5H2,1H3,(H,13,15). The van der Waals surface area contributed by atoms with Crippen LogP contribution in [0, 0.1) is 5.82 Å². The van der Waals surface area contributed by atoms with Crippen molar-refractivity contribution in [3.63, 3.8) is 0 Å². The Bertz CT molecular complexity index is 327. The molecule has 0 aliphatic heterocycles. The van der Waals surface area contributed by atoms with Gasteiger partial charge in [0.05, 0.1) is 6.20 Å². The number of pyridine rings is 1. The number of hydrogen-bond donors (Lipinski definition) is 2. The van der Waals surface area contributed by atoms with Gasteiger partial charge in [-0.1, -0.05) is 0 Å². The van der Waals surface area contributed by atoms with E-state index in [1.807, 2.05) is 0 Å². The maximum absolute atomic E-state index is 12.5. The largest absolute Gasteiger partial charge is 0.396 e. The van der Waals surface area contributed by atoms with Crippen molar-refractivity contribution < 1.29 is 14.3 Å². The number of carbonyl (C=O) groups is 1. The molecule has 4 nitrogen and oxygen atoms in total. The summed E-state index contributed by atoms with van der Waals surface area (Å²) in [5.41, 5.74) is 0.168. The topological polar surface area (TPSA) is 62.2 Å². The van der Waals surface area contributed by atoms with Crippen LogP contribution in [0.4, 0.5) is 4.39 Å². The molecular formula is C10H13FN2O2.